The number of sulfonamides is 1. The maximum atomic E-state index is 13.4. The molecule has 162 valence electrons. The van der Waals surface area contributed by atoms with Crippen molar-refractivity contribution in [2.75, 3.05) is 27.9 Å². The smallest absolute Gasteiger partial charge is 0.307 e. The molecule has 0 bridgehead atoms. The molecule has 1 aliphatic rings. The maximum Gasteiger partial charge on any atom is 0.307 e. The van der Waals surface area contributed by atoms with Crippen LogP contribution < -0.4 is 9.47 Å². The second-order valence-electron chi connectivity index (χ2n) is 6.64. The number of fused-ring (bicyclic) bond motifs is 1. The zero-order chi connectivity index (χ0) is 22.1. The number of hydrogen-bond donors (Lipinski definition) is 0. The van der Waals surface area contributed by atoms with Crippen LogP contribution in [0.25, 0.3) is 0 Å². The Labute approximate surface area is 185 Å². The van der Waals surface area contributed by atoms with Gasteiger partial charge in [-0.1, -0.05) is 23.2 Å². The van der Waals surface area contributed by atoms with Crippen molar-refractivity contribution in [1.82, 2.24) is 4.31 Å². The van der Waals surface area contributed by atoms with E-state index < -0.39 is 22.0 Å². The average Bonchev–Trinajstić information content (AvgIpc) is 2.74. The van der Waals surface area contributed by atoms with Crippen molar-refractivity contribution in [1.29, 1.82) is 0 Å². The van der Waals surface area contributed by atoms with Crippen molar-refractivity contribution in [2.24, 2.45) is 0 Å². The van der Waals surface area contributed by atoms with Crippen molar-refractivity contribution >= 4 is 39.2 Å². The van der Waals surface area contributed by atoms with E-state index in [9.17, 15) is 13.2 Å². The first-order valence-corrected chi connectivity index (χ1v) is 11.2. The van der Waals surface area contributed by atoms with E-state index in [1.54, 1.807) is 6.07 Å². The lowest BCUT2D eigenvalue weighted by Gasteiger charge is -2.36. The number of benzene rings is 2. The molecule has 30 heavy (non-hydrogen) atoms. The SMILES string of the molecule is COC(=O)CC1c2cc(OC)c(OC)cc2CCN1S(=O)(=O)c1ccc(Cl)c(Cl)c1. The molecule has 1 unspecified atom stereocenters. The first-order chi connectivity index (χ1) is 14.2. The maximum absolute atomic E-state index is 13.4. The summed E-state index contributed by atoms with van der Waals surface area (Å²) in [6.07, 6.45) is 0.285. The first-order valence-electron chi connectivity index (χ1n) is 9.01. The third-order valence-corrected chi connectivity index (χ3v) is 7.68. The van der Waals surface area contributed by atoms with Crippen LogP contribution in [0.3, 0.4) is 0 Å². The highest BCUT2D eigenvalue weighted by Gasteiger charge is 2.38. The van der Waals surface area contributed by atoms with E-state index >= 15 is 0 Å². The summed E-state index contributed by atoms with van der Waals surface area (Å²) in [4.78, 5) is 12.1. The average molecular weight is 474 g/mol. The summed E-state index contributed by atoms with van der Waals surface area (Å²) in [5, 5.41) is 0.383. The zero-order valence-electron chi connectivity index (χ0n) is 16.6. The van der Waals surface area contributed by atoms with Crippen LogP contribution in [0, 0.1) is 0 Å². The van der Waals surface area contributed by atoms with Gasteiger partial charge >= 0.3 is 5.97 Å². The Balaban J connectivity index is 2.12. The number of halogens is 2. The topological polar surface area (TPSA) is 82.1 Å². The number of methoxy groups -OCH3 is 3. The molecule has 2 aromatic rings. The first kappa shape index (κ1) is 22.7. The van der Waals surface area contributed by atoms with Gasteiger partial charge in [-0.3, -0.25) is 4.79 Å². The molecular formula is C20H21Cl2NO6S. The quantitative estimate of drug-likeness (QED) is 0.592. The van der Waals surface area contributed by atoms with E-state index in [4.69, 9.17) is 37.4 Å². The molecule has 3 rings (SSSR count). The lowest BCUT2D eigenvalue weighted by Crippen LogP contribution is -2.41. The highest BCUT2D eigenvalue weighted by Crippen LogP contribution is 2.42. The minimum atomic E-state index is -3.97. The Bertz CT molecular complexity index is 1070. The second kappa shape index (κ2) is 9.01. The number of carbonyl (C=O) groups excluding carboxylic acids is 1. The lowest BCUT2D eigenvalue weighted by atomic mass is 9.91. The lowest BCUT2D eigenvalue weighted by molar-refractivity contribution is -0.141. The molecule has 7 nitrogen and oxygen atoms in total. The summed E-state index contributed by atoms with van der Waals surface area (Å²) in [5.74, 6) is 0.450. The monoisotopic (exact) mass is 473 g/mol. The number of carbonyl (C=O) groups is 1. The summed E-state index contributed by atoms with van der Waals surface area (Å²) in [6.45, 7) is 0.173. The Morgan fingerprint density at radius 1 is 1.07 bits per heavy atom. The van der Waals surface area contributed by atoms with Crippen LogP contribution in [0.2, 0.25) is 10.0 Å². The minimum absolute atomic E-state index is 0.00399. The van der Waals surface area contributed by atoms with Gasteiger partial charge in [0.25, 0.3) is 0 Å². The summed E-state index contributed by atoms with van der Waals surface area (Å²) < 4.78 is 43.7. The third-order valence-electron chi connectivity index (χ3n) is 5.04. The summed E-state index contributed by atoms with van der Waals surface area (Å²) in [7, 11) is 0.311. The van der Waals surface area contributed by atoms with Crippen molar-refractivity contribution < 1.29 is 27.4 Å². The highest BCUT2D eigenvalue weighted by atomic mass is 35.5. The van der Waals surface area contributed by atoms with Crippen LogP contribution in [0.5, 0.6) is 11.5 Å². The molecule has 0 fully saturated rings. The van der Waals surface area contributed by atoms with Gasteiger partial charge < -0.3 is 14.2 Å². The van der Waals surface area contributed by atoms with Gasteiger partial charge in [0.2, 0.25) is 10.0 Å². The van der Waals surface area contributed by atoms with Crippen LogP contribution in [0.15, 0.2) is 35.2 Å². The predicted octanol–water partition coefficient (Wildman–Crippen LogP) is 3.86. The molecule has 0 radical (unpaired) electrons. The number of esters is 1. The molecule has 0 aliphatic carbocycles. The van der Waals surface area contributed by atoms with Gasteiger partial charge in [-0.2, -0.15) is 4.31 Å². The molecule has 0 saturated carbocycles. The number of ether oxygens (including phenoxy) is 3. The van der Waals surface area contributed by atoms with E-state index in [0.717, 1.165) is 5.56 Å². The number of nitrogens with zero attached hydrogens (tertiary/aromatic N) is 1. The van der Waals surface area contributed by atoms with Crippen LogP contribution in [0.4, 0.5) is 0 Å². The fraction of sp³-hybridized carbons (Fsp3) is 0.350. The fourth-order valence-electron chi connectivity index (χ4n) is 3.52. The van der Waals surface area contributed by atoms with Gasteiger partial charge in [-0.05, 0) is 47.9 Å². The summed E-state index contributed by atoms with van der Waals surface area (Å²) in [5.41, 5.74) is 1.54. The van der Waals surface area contributed by atoms with Crippen molar-refractivity contribution in [3.05, 3.63) is 51.5 Å². The second-order valence-corrected chi connectivity index (χ2v) is 9.35. The van der Waals surface area contributed by atoms with Gasteiger partial charge in [0, 0.05) is 6.54 Å². The summed E-state index contributed by atoms with van der Waals surface area (Å²) >= 11 is 12.0. The van der Waals surface area contributed by atoms with Crippen LogP contribution in [-0.4, -0.2) is 46.6 Å². The normalized spacial score (nSPS) is 16.6. The van der Waals surface area contributed by atoms with Gasteiger partial charge in [0.15, 0.2) is 11.5 Å². The molecule has 0 amide bonds. The third kappa shape index (κ3) is 4.23. The van der Waals surface area contributed by atoms with Crippen LogP contribution in [0.1, 0.15) is 23.6 Å². The largest absolute Gasteiger partial charge is 0.493 e. The van der Waals surface area contributed by atoms with Gasteiger partial charge in [0.1, 0.15) is 0 Å². The zero-order valence-corrected chi connectivity index (χ0v) is 19.0. The van der Waals surface area contributed by atoms with E-state index in [1.807, 2.05) is 6.07 Å². The van der Waals surface area contributed by atoms with Crippen molar-refractivity contribution in [3.63, 3.8) is 0 Å². The molecule has 0 aromatic heterocycles. The molecule has 1 aliphatic heterocycles. The Morgan fingerprint density at radius 3 is 2.33 bits per heavy atom. The number of hydrogen-bond acceptors (Lipinski definition) is 6. The Hall–Kier alpha value is -2.00. The highest BCUT2D eigenvalue weighted by molar-refractivity contribution is 7.89. The Morgan fingerprint density at radius 2 is 1.73 bits per heavy atom. The Kier molecular flexibility index (Phi) is 6.81. The molecule has 0 saturated heterocycles. The van der Waals surface area contributed by atoms with Crippen molar-refractivity contribution in [2.45, 2.75) is 23.8 Å². The van der Waals surface area contributed by atoms with Crippen molar-refractivity contribution in [3.8, 4) is 11.5 Å². The van der Waals surface area contributed by atoms with Crippen LogP contribution in [-0.2, 0) is 26.0 Å². The molecule has 2 aromatic carbocycles. The molecule has 1 heterocycles. The minimum Gasteiger partial charge on any atom is -0.493 e. The molecule has 10 heteroatoms. The van der Waals surface area contributed by atoms with E-state index in [-0.39, 0.29) is 27.9 Å². The molecule has 0 spiro atoms. The standard InChI is InChI=1S/C20H21Cl2NO6S/c1-27-18-8-12-6-7-23(30(25,26)13-4-5-15(21)16(22)9-13)17(11-20(24)29-3)14(12)10-19(18)28-2/h4-5,8-10,17H,6-7,11H2,1-3H3. The molecular weight excluding hydrogens is 453 g/mol. The van der Waals surface area contributed by atoms with E-state index in [1.165, 1.54) is 43.8 Å². The molecule has 0 N–H and O–H groups in total. The summed E-state index contributed by atoms with van der Waals surface area (Å²) in [6, 6.07) is 6.86. The van der Waals surface area contributed by atoms with Gasteiger partial charge in [0.05, 0.1) is 48.7 Å². The van der Waals surface area contributed by atoms with Crippen LogP contribution >= 0.6 is 23.2 Å². The van der Waals surface area contributed by atoms with Gasteiger partial charge in [-0.15, -0.1) is 0 Å². The fourth-order valence-corrected chi connectivity index (χ4v) is 5.51. The van der Waals surface area contributed by atoms with Gasteiger partial charge in [-0.25, -0.2) is 8.42 Å². The van der Waals surface area contributed by atoms with E-state index in [2.05, 4.69) is 0 Å². The van der Waals surface area contributed by atoms with E-state index in [0.29, 0.717) is 23.5 Å². The predicted molar refractivity (Wildman–Crippen MR) is 113 cm³/mol. The molecule has 1 atom stereocenters. The number of rotatable bonds is 6.